The molecule has 0 bridgehead atoms. The molecule has 3 aliphatic heterocycles. The summed E-state index contributed by atoms with van der Waals surface area (Å²) in [5.74, 6) is 1.57. The van der Waals surface area contributed by atoms with Crippen molar-refractivity contribution >= 4 is 17.4 Å². The number of hydrogen-bond donors (Lipinski definition) is 1. The van der Waals surface area contributed by atoms with Crippen molar-refractivity contribution in [3.05, 3.63) is 23.5 Å². The second-order valence-corrected chi connectivity index (χ2v) is 7.94. The van der Waals surface area contributed by atoms with Crippen LogP contribution in [-0.2, 0) is 17.6 Å². The van der Waals surface area contributed by atoms with Crippen LogP contribution in [0.5, 0.6) is 0 Å². The molecule has 2 aromatic heterocycles. The van der Waals surface area contributed by atoms with Crippen LogP contribution in [0.25, 0.3) is 5.65 Å². The van der Waals surface area contributed by atoms with Crippen molar-refractivity contribution in [3.8, 4) is 0 Å². The zero-order chi connectivity index (χ0) is 18.4. The highest BCUT2D eigenvalue weighted by Gasteiger charge is 2.38. The van der Waals surface area contributed by atoms with Crippen LogP contribution in [0.3, 0.4) is 0 Å². The van der Waals surface area contributed by atoms with E-state index in [1.54, 1.807) is 0 Å². The third-order valence-corrected chi connectivity index (χ3v) is 6.13. The Morgan fingerprint density at radius 1 is 1.15 bits per heavy atom. The lowest BCUT2D eigenvalue weighted by Crippen LogP contribution is -2.58. The van der Waals surface area contributed by atoms with E-state index in [0.717, 1.165) is 76.7 Å². The van der Waals surface area contributed by atoms with E-state index >= 15 is 0 Å². The fraction of sp³-hybridized carbons (Fsp3) is 0.632. The number of fused-ring (bicyclic) bond motifs is 2. The molecule has 27 heavy (non-hydrogen) atoms. The van der Waals surface area contributed by atoms with Gasteiger partial charge in [0, 0.05) is 63.9 Å². The quantitative estimate of drug-likeness (QED) is 0.779. The van der Waals surface area contributed by atoms with Crippen molar-refractivity contribution in [2.75, 3.05) is 64.3 Å². The van der Waals surface area contributed by atoms with Crippen molar-refractivity contribution < 1.29 is 4.79 Å². The van der Waals surface area contributed by atoms with Crippen LogP contribution < -0.4 is 10.2 Å². The van der Waals surface area contributed by atoms with Gasteiger partial charge in [-0.2, -0.15) is 9.61 Å². The van der Waals surface area contributed by atoms with Gasteiger partial charge in [0.2, 0.25) is 5.91 Å². The molecule has 8 nitrogen and oxygen atoms in total. The number of rotatable bonds is 2. The van der Waals surface area contributed by atoms with Gasteiger partial charge in [-0.05, 0) is 20.0 Å². The van der Waals surface area contributed by atoms with Gasteiger partial charge in [0.1, 0.15) is 5.82 Å². The Hall–Kier alpha value is -2.19. The summed E-state index contributed by atoms with van der Waals surface area (Å²) in [6, 6.07) is 1.97. The number of carbonyl (C=O) groups is 1. The molecule has 2 aromatic rings. The molecule has 1 amide bonds. The second-order valence-electron chi connectivity index (χ2n) is 7.94. The highest BCUT2D eigenvalue weighted by atomic mass is 16.2. The number of aromatic nitrogens is 3. The first-order valence-electron chi connectivity index (χ1n) is 9.99. The normalized spacial score (nSPS) is 21.8. The maximum absolute atomic E-state index is 12.9. The van der Waals surface area contributed by atoms with Gasteiger partial charge in [0.05, 0.1) is 17.8 Å². The molecule has 5 heterocycles. The minimum atomic E-state index is 0.103. The predicted octanol–water partition coefficient (Wildman–Crippen LogP) is -0.372. The lowest BCUT2D eigenvalue weighted by atomic mass is 9.96. The molecule has 1 N–H and O–H groups in total. The predicted molar refractivity (Wildman–Crippen MR) is 103 cm³/mol. The number of carbonyl (C=O) groups excluding carboxylic acids is 1. The van der Waals surface area contributed by atoms with E-state index < -0.39 is 0 Å². The van der Waals surface area contributed by atoms with E-state index in [1.165, 1.54) is 11.3 Å². The molecule has 0 aromatic carbocycles. The Kier molecular flexibility index (Phi) is 4.24. The van der Waals surface area contributed by atoms with Gasteiger partial charge in [-0.25, -0.2) is 4.98 Å². The molecule has 3 aliphatic rings. The molecule has 2 fully saturated rings. The third-order valence-electron chi connectivity index (χ3n) is 6.13. The summed E-state index contributed by atoms with van der Waals surface area (Å²) in [5, 5.41) is 7.98. The van der Waals surface area contributed by atoms with Crippen LogP contribution in [0.1, 0.15) is 11.3 Å². The van der Waals surface area contributed by atoms with Gasteiger partial charge in [0.15, 0.2) is 5.65 Å². The Labute approximate surface area is 159 Å². The largest absolute Gasteiger partial charge is 0.354 e. The van der Waals surface area contributed by atoms with Gasteiger partial charge < -0.3 is 20.0 Å². The summed E-state index contributed by atoms with van der Waals surface area (Å²) in [6.07, 6.45) is 3.72. The van der Waals surface area contributed by atoms with Crippen molar-refractivity contribution in [1.29, 1.82) is 0 Å². The van der Waals surface area contributed by atoms with E-state index in [1.807, 2.05) is 21.7 Å². The maximum Gasteiger partial charge on any atom is 0.229 e. The Balaban J connectivity index is 1.37. The number of nitrogens with zero attached hydrogens (tertiary/aromatic N) is 6. The van der Waals surface area contributed by atoms with Crippen LogP contribution >= 0.6 is 0 Å². The Morgan fingerprint density at radius 2 is 1.93 bits per heavy atom. The topological polar surface area (TPSA) is 69.0 Å². The minimum absolute atomic E-state index is 0.103. The first-order valence-corrected chi connectivity index (χ1v) is 9.99. The van der Waals surface area contributed by atoms with E-state index in [2.05, 4.69) is 27.3 Å². The highest BCUT2D eigenvalue weighted by molar-refractivity contribution is 5.82. The summed E-state index contributed by atoms with van der Waals surface area (Å²) < 4.78 is 1.96. The highest BCUT2D eigenvalue weighted by Crippen LogP contribution is 2.32. The summed E-state index contributed by atoms with van der Waals surface area (Å²) in [5.41, 5.74) is 3.37. The second kappa shape index (κ2) is 6.76. The molecule has 2 saturated heterocycles. The van der Waals surface area contributed by atoms with E-state index in [9.17, 15) is 4.79 Å². The average molecular weight is 369 g/mol. The first-order chi connectivity index (χ1) is 13.2. The lowest BCUT2D eigenvalue weighted by molar-refractivity contribution is -0.137. The van der Waals surface area contributed by atoms with Crippen LogP contribution in [0.2, 0.25) is 0 Å². The van der Waals surface area contributed by atoms with E-state index in [-0.39, 0.29) is 5.92 Å². The van der Waals surface area contributed by atoms with Crippen molar-refractivity contribution in [3.63, 3.8) is 0 Å². The average Bonchev–Trinajstić information content (AvgIpc) is 2.97. The number of amides is 1. The van der Waals surface area contributed by atoms with Crippen LogP contribution in [0, 0.1) is 5.92 Å². The summed E-state index contributed by atoms with van der Waals surface area (Å²) >= 11 is 0. The standard InChI is InChI=1S/C19H27N7O/c1-23-8-10-24(11-9-23)19(27)14-12-25(13-14)18-15-2-5-20-6-3-16(15)22-17-4-7-21-26(17)18/h4,7,14,20H,2-3,5-6,8-13H2,1H3. The van der Waals surface area contributed by atoms with E-state index in [4.69, 9.17) is 4.98 Å². The SMILES string of the molecule is CN1CCN(C(=O)C2CN(c3c4c(nc5ccnn35)CCNCC4)C2)CC1. The molecule has 0 unspecified atom stereocenters. The molecule has 5 rings (SSSR count). The van der Waals surface area contributed by atoms with Gasteiger partial charge in [-0.1, -0.05) is 0 Å². The molecule has 0 radical (unpaired) electrons. The lowest BCUT2D eigenvalue weighted by Gasteiger charge is -2.44. The van der Waals surface area contributed by atoms with Crippen LogP contribution in [0.15, 0.2) is 12.3 Å². The number of anilines is 1. The van der Waals surface area contributed by atoms with Crippen molar-refractivity contribution in [2.45, 2.75) is 12.8 Å². The zero-order valence-corrected chi connectivity index (χ0v) is 15.9. The van der Waals surface area contributed by atoms with Crippen LogP contribution in [-0.4, -0.2) is 89.7 Å². The fourth-order valence-corrected chi connectivity index (χ4v) is 4.43. The Bertz CT molecular complexity index is 849. The van der Waals surface area contributed by atoms with Gasteiger partial charge in [-0.3, -0.25) is 4.79 Å². The molecule has 0 saturated carbocycles. The maximum atomic E-state index is 12.9. The molecular formula is C19H27N7O. The summed E-state index contributed by atoms with van der Waals surface area (Å²) in [7, 11) is 2.12. The monoisotopic (exact) mass is 369 g/mol. The zero-order valence-electron chi connectivity index (χ0n) is 15.9. The summed E-state index contributed by atoms with van der Waals surface area (Å²) in [6.45, 7) is 7.15. The van der Waals surface area contributed by atoms with Gasteiger partial charge >= 0.3 is 0 Å². The number of hydrogen-bond acceptors (Lipinski definition) is 6. The molecule has 8 heteroatoms. The van der Waals surface area contributed by atoms with Gasteiger partial charge in [0.25, 0.3) is 0 Å². The van der Waals surface area contributed by atoms with Crippen molar-refractivity contribution in [2.24, 2.45) is 5.92 Å². The van der Waals surface area contributed by atoms with Crippen molar-refractivity contribution in [1.82, 2.24) is 29.7 Å². The van der Waals surface area contributed by atoms with Gasteiger partial charge in [-0.15, -0.1) is 0 Å². The molecule has 144 valence electrons. The Morgan fingerprint density at radius 3 is 2.74 bits per heavy atom. The minimum Gasteiger partial charge on any atom is -0.354 e. The van der Waals surface area contributed by atoms with Crippen LogP contribution in [0.4, 0.5) is 5.82 Å². The third kappa shape index (κ3) is 2.96. The molecule has 0 atom stereocenters. The molecular weight excluding hydrogens is 342 g/mol. The smallest absolute Gasteiger partial charge is 0.229 e. The number of nitrogens with one attached hydrogen (secondary N) is 1. The molecule has 0 spiro atoms. The number of likely N-dealkylation sites (N-methyl/N-ethyl adjacent to an activating group) is 1. The fourth-order valence-electron chi connectivity index (χ4n) is 4.43. The summed E-state index contributed by atoms with van der Waals surface area (Å²) in [4.78, 5) is 24.3. The molecule has 0 aliphatic carbocycles. The van der Waals surface area contributed by atoms with E-state index in [0.29, 0.717) is 5.91 Å². The number of piperazine rings is 1. The first kappa shape index (κ1) is 16.9.